The second-order valence-electron chi connectivity index (χ2n) is 3.55. The molecule has 5 heteroatoms. The first-order valence-electron chi connectivity index (χ1n) is 4.55. The number of hydrogen-bond donors (Lipinski definition) is 1. The van der Waals surface area contributed by atoms with Crippen molar-refractivity contribution in [1.29, 1.82) is 0 Å². The minimum absolute atomic E-state index is 0.218. The van der Waals surface area contributed by atoms with Crippen LogP contribution in [0, 0.1) is 6.92 Å². The first kappa shape index (κ1) is 10.7. The standard InChI is InChI=1S/C11H8F3NO/c1-6-2-3-8-7(4-6)5-9(16)10(15-8)11(12,13)14/h2-5,16H,1H3. The zero-order valence-corrected chi connectivity index (χ0v) is 8.34. The number of aryl methyl sites for hydroxylation is 1. The summed E-state index contributed by atoms with van der Waals surface area (Å²) in [7, 11) is 0. The topological polar surface area (TPSA) is 33.1 Å². The smallest absolute Gasteiger partial charge is 0.437 e. The number of aromatic hydroxyl groups is 1. The van der Waals surface area contributed by atoms with E-state index in [0.29, 0.717) is 5.39 Å². The number of fused-ring (bicyclic) bond motifs is 1. The summed E-state index contributed by atoms with van der Waals surface area (Å²) in [6, 6.07) is 5.92. The Morgan fingerprint density at radius 1 is 1.19 bits per heavy atom. The molecule has 0 aliphatic carbocycles. The molecule has 2 aromatic rings. The Hall–Kier alpha value is -1.78. The maximum absolute atomic E-state index is 12.4. The first-order chi connectivity index (χ1) is 7.38. The molecule has 0 saturated heterocycles. The van der Waals surface area contributed by atoms with Crippen LogP contribution in [-0.4, -0.2) is 10.1 Å². The first-order valence-corrected chi connectivity index (χ1v) is 4.55. The summed E-state index contributed by atoms with van der Waals surface area (Å²) in [6.07, 6.45) is -4.64. The number of benzene rings is 1. The van der Waals surface area contributed by atoms with E-state index in [0.717, 1.165) is 11.6 Å². The van der Waals surface area contributed by atoms with Gasteiger partial charge in [0, 0.05) is 5.39 Å². The molecule has 1 N–H and O–H groups in total. The van der Waals surface area contributed by atoms with Crippen molar-refractivity contribution in [2.24, 2.45) is 0 Å². The van der Waals surface area contributed by atoms with E-state index in [-0.39, 0.29) is 5.52 Å². The van der Waals surface area contributed by atoms with Gasteiger partial charge in [0.05, 0.1) is 5.52 Å². The fraction of sp³-hybridized carbons (Fsp3) is 0.182. The molecule has 16 heavy (non-hydrogen) atoms. The quantitative estimate of drug-likeness (QED) is 0.749. The van der Waals surface area contributed by atoms with Gasteiger partial charge in [0.25, 0.3) is 0 Å². The number of alkyl halides is 3. The maximum atomic E-state index is 12.4. The number of halogens is 3. The van der Waals surface area contributed by atoms with E-state index in [9.17, 15) is 18.3 Å². The SMILES string of the molecule is Cc1ccc2nc(C(F)(F)F)c(O)cc2c1. The largest absolute Gasteiger partial charge is 0.506 e. The Morgan fingerprint density at radius 2 is 1.88 bits per heavy atom. The number of aromatic nitrogens is 1. The average Bonchev–Trinajstić information content (AvgIpc) is 2.14. The zero-order valence-electron chi connectivity index (χ0n) is 8.34. The van der Waals surface area contributed by atoms with Crippen molar-refractivity contribution in [2.75, 3.05) is 0 Å². The highest BCUT2D eigenvalue weighted by Crippen LogP contribution is 2.35. The molecule has 0 aliphatic heterocycles. The highest BCUT2D eigenvalue weighted by Gasteiger charge is 2.36. The molecule has 2 rings (SSSR count). The molecule has 0 bridgehead atoms. The highest BCUT2D eigenvalue weighted by molar-refractivity contribution is 5.81. The third-order valence-electron chi connectivity index (χ3n) is 2.22. The third kappa shape index (κ3) is 1.80. The fourth-order valence-corrected chi connectivity index (χ4v) is 1.49. The number of pyridine rings is 1. The van der Waals surface area contributed by atoms with Crippen molar-refractivity contribution in [3.63, 3.8) is 0 Å². The summed E-state index contributed by atoms with van der Waals surface area (Å²) in [6.45, 7) is 1.81. The van der Waals surface area contributed by atoms with Crippen molar-refractivity contribution in [3.05, 3.63) is 35.5 Å². The molecule has 1 aromatic heterocycles. The van der Waals surface area contributed by atoms with Crippen LogP contribution in [-0.2, 0) is 6.18 Å². The van der Waals surface area contributed by atoms with Crippen molar-refractivity contribution in [1.82, 2.24) is 4.98 Å². The lowest BCUT2D eigenvalue weighted by Crippen LogP contribution is -2.08. The lowest BCUT2D eigenvalue weighted by atomic mass is 10.1. The Balaban J connectivity index is 2.72. The van der Waals surface area contributed by atoms with Crippen molar-refractivity contribution >= 4 is 10.9 Å². The second-order valence-corrected chi connectivity index (χ2v) is 3.55. The van der Waals surface area contributed by atoms with Gasteiger partial charge >= 0.3 is 6.18 Å². The molecule has 1 aromatic carbocycles. The molecule has 0 saturated carbocycles. The monoisotopic (exact) mass is 227 g/mol. The van der Waals surface area contributed by atoms with Gasteiger partial charge in [0.2, 0.25) is 0 Å². The van der Waals surface area contributed by atoms with Crippen LogP contribution in [0.4, 0.5) is 13.2 Å². The number of nitrogens with zero attached hydrogens (tertiary/aromatic N) is 1. The van der Waals surface area contributed by atoms with E-state index in [1.165, 1.54) is 6.07 Å². The van der Waals surface area contributed by atoms with Gasteiger partial charge < -0.3 is 5.11 Å². The van der Waals surface area contributed by atoms with Gasteiger partial charge in [-0.1, -0.05) is 11.6 Å². The fourth-order valence-electron chi connectivity index (χ4n) is 1.49. The minimum atomic E-state index is -4.64. The average molecular weight is 227 g/mol. The van der Waals surface area contributed by atoms with Gasteiger partial charge in [-0.05, 0) is 25.1 Å². The van der Waals surface area contributed by atoms with Crippen LogP contribution in [0.25, 0.3) is 10.9 Å². The van der Waals surface area contributed by atoms with Gasteiger partial charge in [-0.25, -0.2) is 4.98 Å². The highest BCUT2D eigenvalue weighted by atomic mass is 19.4. The lowest BCUT2D eigenvalue weighted by Gasteiger charge is -2.09. The van der Waals surface area contributed by atoms with Crippen molar-refractivity contribution in [2.45, 2.75) is 13.1 Å². The van der Waals surface area contributed by atoms with E-state index in [1.807, 2.05) is 6.92 Å². The minimum Gasteiger partial charge on any atom is -0.506 e. The Morgan fingerprint density at radius 3 is 2.50 bits per heavy atom. The molecular weight excluding hydrogens is 219 g/mol. The van der Waals surface area contributed by atoms with E-state index < -0.39 is 17.6 Å². The van der Waals surface area contributed by atoms with Crippen LogP contribution in [0.1, 0.15) is 11.3 Å². The molecule has 0 amide bonds. The third-order valence-corrected chi connectivity index (χ3v) is 2.22. The zero-order chi connectivity index (χ0) is 11.9. The van der Waals surface area contributed by atoms with Gasteiger partial charge in [-0.15, -0.1) is 0 Å². The Labute approximate surface area is 89.4 Å². The van der Waals surface area contributed by atoms with Crippen LogP contribution < -0.4 is 0 Å². The van der Waals surface area contributed by atoms with Crippen LogP contribution in [0.15, 0.2) is 24.3 Å². The van der Waals surface area contributed by atoms with E-state index in [2.05, 4.69) is 4.98 Å². The Kier molecular flexibility index (Phi) is 2.26. The number of hydrogen-bond acceptors (Lipinski definition) is 2. The Bertz CT molecular complexity index is 549. The lowest BCUT2D eigenvalue weighted by molar-refractivity contribution is -0.142. The van der Waals surface area contributed by atoms with Crippen LogP contribution >= 0.6 is 0 Å². The summed E-state index contributed by atoms with van der Waals surface area (Å²) in [5, 5.41) is 9.74. The van der Waals surface area contributed by atoms with E-state index >= 15 is 0 Å². The molecule has 0 aliphatic rings. The molecule has 0 atom stereocenters. The van der Waals surface area contributed by atoms with Crippen molar-refractivity contribution in [3.8, 4) is 5.75 Å². The van der Waals surface area contributed by atoms with Crippen molar-refractivity contribution < 1.29 is 18.3 Å². The summed E-state index contributed by atoms with van der Waals surface area (Å²) in [4.78, 5) is 3.41. The van der Waals surface area contributed by atoms with Crippen LogP contribution in [0.2, 0.25) is 0 Å². The summed E-state index contributed by atoms with van der Waals surface area (Å²) < 4.78 is 37.3. The van der Waals surface area contributed by atoms with Crippen LogP contribution in [0.3, 0.4) is 0 Å². The normalized spacial score (nSPS) is 12.0. The summed E-state index contributed by atoms with van der Waals surface area (Å²) in [5.41, 5.74) is -0.131. The predicted octanol–water partition coefficient (Wildman–Crippen LogP) is 3.27. The second kappa shape index (κ2) is 3.37. The molecule has 1 heterocycles. The predicted molar refractivity (Wildman–Crippen MR) is 53.1 cm³/mol. The van der Waals surface area contributed by atoms with E-state index in [4.69, 9.17) is 0 Å². The summed E-state index contributed by atoms with van der Waals surface area (Å²) in [5.74, 6) is -0.842. The maximum Gasteiger partial charge on any atom is 0.437 e. The van der Waals surface area contributed by atoms with E-state index in [1.54, 1.807) is 12.1 Å². The van der Waals surface area contributed by atoms with Gasteiger partial charge in [-0.2, -0.15) is 13.2 Å². The number of rotatable bonds is 0. The molecule has 0 fully saturated rings. The van der Waals surface area contributed by atoms with Gasteiger partial charge in [0.1, 0.15) is 5.75 Å². The molecule has 2 nitrogen and oxygen atoms in total. The van der Waals surface area contributed by atoms with Crippen LogP contribution in [0.5, 0.6) is 5.75 Å². The summed E-state index contributed by atoms with van der Waals surface area (Å²) >= 11 is 0. The molecule has 0 radical (unpaired) electrons. The molecule has 0 unspecified atom stereocenters. The molecular formula is C11H8F3NO. The van der Waals surface area contributed by atoms with Gasteiger partial charge in [-0.3, -0.25) is 0 Å². The van der Waals surface area contributed by atoms with Gasteiger partial charge in [0.15, 0.2) is 5.69 Å². The molecule has 84 valence electrons. The molecule has 0 spiro atoms.